The lowest BCUT2D eigenvalue weighted by atomic mass is 10.1. The summed E-state index contributed by atoms with van der Waals surface area (Å²) in [6, 6.07) is 39.4. The van der Waals surface area contributed by atoms with Gasteiger partial charge in [-0.05, 0) is 106 Å². The highest BCUT2D eigenvalue weighted by atomic mass is 35.5. The van der Waals surface area contributed by atoms with Crippen LogP contribution < -0.4 is 30.7 Å². The molecule has 12 rings (SSSR count). The maximum atomic E-state index is 12.7. The molecule has 0 saturated heterocycles. The standard InChI is InChI=1S/C30H31N7O3S.C22H20ClN5O2.C14H16N4O2/c1-21-7-13-26(14-8-21)41(39,40)35-25-11-9-24(10-12-25)33-28-29-31-16-18-37(29)20-27(34-28)22-5-4-6-23(19-22)30(38)32-15-17-36(2)3;1-27(2)20(29)14-30-16-7-5-6-15(12-16)25-21-22-24-10-11-28(22)13-19(26-21)17-8-3-4-9-18(17)23;1-2-10(9-19)16-13-14-15-5-6-18(14)8-11(17-13)12-4-3-7-20-12/h4-14,16,18-20,35H,15,17H2,1-3H3,(H,32,38)(H,33,34);3-13H,14H2,1-2H3,(H,25,26);3-8,10,19H,2,9H2,1H3,(H,16,17). The number of halogens is 1. The number of amides is 2. The van der Waals surface area contributed by atoms with Crippen LogP contribution in [0.4, 0.5) is 34.5 Å². The number of furan rings is 1. The first-order valence-corrected chi connectivity index (χ1v) is 30.7. The highest BCUT2D eigenvalue weighted by Crippen LogP contribution is 2.32. The summed E-state index contributed by atoms with van der Waals surface area (Å²) >= 11 is 6.37. The lowest BCUT2D eigenvalue weighted by molar-refractivity contribution is -0.130. The maximum absolute atomic E-state index is 12.7. The number of hydrogen-bond donors (Lipinski definition) is 6. The van der Waals surface area contributed by atoms with E-state index in [0.29, 0.717) is 74.5 Å². The minimum absolute atomic E-state index is 0.0266. The molecule has 5 aromatic carbocycles. The van der Waals surface area contributed by atoms with Crippen molar-refractivity contribution in [1.82, 2.24) is 58.2 Å². The van der Waals surface area contributed by atoms with Gasteiger partial charge in [-0.2, -0.15) is 0 Å². The number of aryl methyl sites for hydroxylation is 1. The van der Waals surface area contributed by atoms with E-state index < -0.39 is 10.0 Å². The summed E-state index contributed by atoms with van der Waals surface area (Å²) in [5, 5.41) is 22.7. The molecule has 12 aromatic rings. The van der Waals surface area contributed by atoms with Gasteiger partial charge >= 0.3 is 0 Å². The predicted molar refractivity (Wildman–Crippen MR) is 354 cm³/mol. The molecule has 6 N–H and O–H groups in total. The number of imidazole rings is 3. The number of hydrogen-bond acceptors (Lipinski definition) is 17. The van der Waals surface area contributed by atoms with Crippen molar-refractivity contribution in [1.29, 1.82) is 0 Å². The zero-order chi connectivity index (χ0) is 64.0. The van der Waals surface area contributed by atoms with Crippen molar-refractivity contribution in [3.8, 4) is 39.7 Å². The number of aromatic nitrogens is 9. The van der Waals surface area contributed by atoms with Crippen molar-refractivity contribution in [3.05, 3.63) is 212 Å². The van der Waals surface area contributed by atoms with Crippen LogP contribution in [0.15, 0.2) is 205 Å². The summed E-state index contributed by atoms with van der Waals surface area (Å²) in [6.07, 6.45) is 18.7. The molecule has 2 amide bonds. The van der Waals surface area contributed by atoms with Crippen molar-refractivity contribution >= 4 is 84.9 Å². The van der Waals surface area contributed by atoms with E-state index in [1.54, 1.807) is 99.6 Å². The third-order valence-electron chi connectivity index (χ3n) is 14.1. The van der Waals surface area contributed by atoms with Crippen LogP contribution in [-0.4, -0.2) is 139 Å². The van der Waals surface area contributed by atoms with Gasteiger partial charge in [0.05, 0.1) is 40.2 Å². The number of likely N-dealkylation sites (N-methyl/N-ethyl adjacent to an activating group) is 2. The Hall–Kier alpha value is -10.7. The summed E-state index contributed by atoms with van der Waals surface area (Å²) in [7, 11) is 3.59. The minimum Gasteiger partial charge on any atom is -0.484 e. The molecular formula is C66H67ClN16O7S. The van der Waals surface area contributed by atoms with E-state index in [9.17, 15) is 23.1 Å². The number of sulfonamides is 1. The molecule has 0 fully saturated rings. The number of carbonyl (C=O) groups is 2. The average Bonchev–Trinajstić information content (AvgIpc) is 2.29. The Morgan fingerprint density at radius 1 is 0.681 bits per heavy atom. The van der Waals surface area contributed by atoms with E-state index >= 15 is 0 Å². The molecule has 466 valence electrons. The van der Waals surface area contributed by atoms with Gasteiger partial charge in [0.25, 0.3) is 21.8 Å². The van der Waals surface area contributed by atoms with E-state index in [2.05, 4.69) is 45.9 Å². The van der Waals surface area contributed by atoms with Crippen LogP contribution in [0.2, 0.25) is 5.02 Å². The van der Waals surface area contributed by atoms with E-state index in [1.807, 2.05) is 156 Å². The summed E-state index contributed by atoms with van der Waals surface area (Å²) in [4.78, 5) is 55.3. The normalized spacial score (nSPS) is 11.5. The van der Waals surface area contributed by atoms with Gasteiger partial charge in [-0.15, -0.1) is 0 Å². The number of aliphatic hydroxyl groups is 1. The molecule has 0 saturated carbocycles. The van der Waals surface area contributed by atoms with E-state index in [-0.39, 0.29) is 36.0 Å². The molecule has 7 aromatic heterocycles. The molecule has 7 heterocycles. The minimum atomic E-state index is -3.71. The lowest BCUT2D eigenvalue weighted by Crippen LogP contribution is -2.31. The number of nitrogens with zero attached hydrogens (tertiary/aromatic N) is 11. The number of fused-ring (bicyclic) bond motifs is 3. The first-order valence-electron chi connectivity index (χ1n) is 28.9. The number of anilines is 6. The Bertz CT molecular complexity index is 4550. The highest BCUT2D eigenvalue weighted by Gasteiger charge is 2.18. The van der Waals surface area contributed by atoms with Gasteiger partial charge in [0.15, 0.2) is 46.8 Å². The first-order chi connectivity index (χ1) is 44.0. The second-order valence-electron chi connectivity index (χ2n) is 21.3. The van der Waals surface area contributed by atoms with Crippen molar-refractivity contribution in [2.45, 2.75) is 31.2 Å². The Labute approximate surface area is 530 Å². The van der Waals surface area contributed by atoms with Gasteiger partial charge in [-0.25, -0.2) is 38.3 Å². The van der Waals surface area contributed by atoms with Gasteiger partial charge in [0, 0.05) is 123 Å². The summed E-state index contributed by atoms with van der Waals surface area (Å²) < 4.78 is 44.7. The zero-order valence-electron chi connectivity index (χ0n) is 50.7. The fourth-order valence-corrected chi connectivity index (χ4v) is 10.4. The summed E-state index contributed by atoms with van der Waals surface area (Å²) in [5.74, 6) is 2.76. The molecule has 1 unspecified atom stereocenters. The number of rotatable bonds is 21. The summed E-state index contributed by atoms with van der Waals surface area (Å²) in [6.45, 7) is 5.24. The van der Waals surface area contributed by atoms with Crippen molar-refractivity contribution < 1.29 is 32.3 Å². The van der Waals surface area contributed by atoms with Crippen LogP contribution in [0, 0.1) is 6.92 Å². The van der Waals surface area contributed by atoms with Gasteiger partial charge in [0.2, 0.25) is 0 Å². The fourth-order valence-electron chi connectivity index (χ4n) is 9.09. The van der Waals surface area contributed by atoms with E-state index in [1.165, 1.54) is 4.90 Å². The van der Waals surface area contributed by atoms with Crippen LogP contribution in [0.3, 0.4) is 0 Å². The Morgan fingerprint density at radius 2 is 1.30 bits per heavy atom. The van der Waals surface area contributed by atoms with Crippen LogP contribution >= 0.6 is 11.6 Å². The van der Waals surface area contributed by atoms with Crippen LogP contribution in [0.25, 0.3) is 50.9 Å². The van der Waals surface area contributed by atoms with Crippen LogP contribution in [0.1, 0.15) is 29.3 Å². The zero-order valence-corrected chi connectivity index (χ0v) is 52.3. The number of benzene rings is 5. The van der Waals surface area contributed by atoms with Crippen molar-refractivity contribution in [2.24, 2.45) is 0 Å². The Balaban J connectivity index is 0.000000159. The van der Waals surface area contributed by atoms with Gasteiger partial charge in [0.1, 0.15) is 11.4 Å². The lowest BCUT2D eigenvalue weighted by Gasteiger charge is -2.15. The first kappa shape index (κ1) is 63.4. The molecule has 0 aliphatic heterocycles. The molecule has 0 aliphatic rings. The van der Waals surface area contributed by atoms with Crippen molar-refractivity contribution in [3.63, 3.8) is 0 Å². The molecule has 25 heteroatoms. The number of ether oxygens (including phenoxy) is 1. The van der Waals surface area contributed by atoms with Gasteiger partial charge in [-0.3, -0.25) is 14.3 Å². The number of aliphatic hydroxyl groups excluding tert-OH is 1. The average molecular weight is 1260 g/mol. The number of carbonyl (C=O) groups excluding carboxylic acids is 2. The fraction of sp³-hybridized carbons (Fsp3) is 0.182. The molecule has 1 atom stereocenters. The topological polar surface area (TPSA) is 268 Å². The summed E-state index contributed by atoms with van der Waals surface area (Å²) in [5.41, 5.74) is 9.17. The number of nitrogens with one attached hydrogen (secondary N) is 5. The third-order valence-corrected chi connectivity index (χ3v) is 15.8. The molecular weight excluding hydrogens is 1200 g/mol. The van der Waals surface area contributed by atoms with Crippen LogP contribution in [-0.2, 0) is 14.8 Å². The Morgan fingerprint density at radius 3 is 1.93 bits per heavy atom. The third kappa shape index (κ3) is 16.2. The SMILES string of the molecule is CCC(CO)Nc1nc(-c2ccco2)cn2ccnc12.CN(C)C(=O)COc1cccc(Nc2nc(-c3ccccc3Cl)cn3ccnc23)c1.Cc1ccc(S(=O)(=O)Nc2ccc(Nc3nc(-c4cccc(C(=O)NCCN(C)C)c4)cn4ccnc34)cc2)cc1. The molecule has 0 bridgehead atoms. The largest absolute Gasteiger partial charge is 0.484 e. The van der Waals surface area contributed by atoms with E-state index in [4.69, 9.17) is 30.7 Å². The Kier molecular flexibility index (Phi) is 20.3. The highest BCUT2D eigenvalue weighted by molar-refractivity contribution is 7.92. The second kappa shape index (κ2) is 29.1. The second-order valence-corrected chi connectivity index (χ2v) is 23.4. The quantitative estimate of drug-likeness (QED) is 0.0390. The van der Waals surface area contributed by atoms with Crippen molar-refractivity contribution in [2.75, 3.05) is 75.2 Å². The van der Waals surface area contributed by atoms with Gasteiger partial charge < -0.3 is 58.5 Å². The van der Waals surface area contributed by atoms with E-state index in [0.717, 1.165) is 52.4 Å². The molecule has 91 heavy (non-hydrogen) atoms. The predicted octanol–water partition coefficient (Wildman–Crippen LogP) is 11.0. The maximum Gasteiger partial charge on any atom is 0.261 e. The van der Waals surface area contributed by atoms with Gasteiger partial charge in [-0.1, -0.05) is 72.6 Å². The molecule has 0 spiro atoms. The molecule has 23 nitrogen and oxygen atoms in total. The van der Waals surface area contributed by atoms with Crippen LogP contribution in [0.5, 0.6) is 5.75 Å². The molecule has 0 aliphatic carbocycles. The molecule has 0 radical (unpaired) electrons. The smallest absolute Gasteiger partial charge is 0.261 e. The monoisotopic (exact) mass is 1260 g/mol.